The number of rotatable bonds is 5. The molecule has 0 aliphatic heterocycles. The molecular weight excluding hydrogens is 447 g/mol. The van der Waals surface area contributed by atoms with Crippen LogP contribution in [0.15, 0.2) is 89.9 Å². The third-order valence-corrected chi connectivity index (χ3v) is 5.87. The number of fused-ring (bicyclic) bond motifs is 1. The molecule has 0 amide bonds. The summed E-state index contributed by atoms with van der Waals surface area (Å²) in [6.07, 6.45) is 1.97. The van der Waals surface area contributed by atoms with Crippen molar-refractivity contribution in [1.29, 1.82) is 0 Å². The van der Waals surface area contributed by atoms with E-state index in [1.807, 2.05) is 30.3 Å². The third kappa shape index (κ3) is 4.31. The van der Waals surface area contributed by atoms with Gasteiger partial charge in [-0.25, -0.2) is 9.37 Å². The number of phenols is 2. The number of ether oxygens (including phenoxy) is 1. The Morgan fingerprint density at radius 2 is 1.69 bits per heavy atom. The van der Waals surface area contributed by atoms with Gasteiger partial charge in [0.05, 0.1) is 5.56 Å². The molecule has 2 N–H and O–H groups in total. The van der Waals surface area contributed by atoms with Crippen LogP contribution in [0.3, 0.4) is 0 Å². The minimum Gasteiger partial charge on any atom is -0.504 e. The maximum absolute atomic E-state index is 15.0. The molecule has 0 radical (unpaired) electrons. The van der Waals surface area contributed by atoms with E-state index >= 15 is 4.39 Å². The molecule has 0 unspecified atom stereocenters. The first kappa shape index (κ1) is 22.2. The van der Waals surface area contributed by atoms with Gasteiger partial charge in [0.1, 0.15) is 11.6 Å². The summed E-state index contributed by atoms with van der Waals surface area (Å²) >= 11 is 0. The Labute approximate surface area is 200 Å². The predicted molar refractivity (Wildman–Crippen MR) is 131 cm³/mol. The third-order valence-electron chi connectivity index (χ3n) is 5.87. The lowest BCUT2D eigenvalue weighted by Crippen LogP contribution is -2.23. The Morgan fingerprint density at radius 3 is 2.46 bits per heavy atom. The standard InChI is InChI=1S/C28H21FN2O4/c1-31-27(12-17-6-3-2-4-7-17)30-16-21(28(31)34)19-10-11-26(22(29)13-19)35-25-9-5-8-18-14-23(32)24(33)15-20(18)25/h2-11,13-16,32-33H,12H2,1H3. The molecule has 174 valence electrons. The monoisotopic (exact) mass is 468 g/mol. The molecule has 0 spiro atoms. The minimum atomic E-state index is -0.655. The number of nitrogens with zero attached hydrogens (tertiary/aromatic N) is 2. The molecule has 35 heavy (non-hydrogen) atoms. The summed E-state index contributed by atoms with van der Waals surface area (Å²) in [6.45, 7) is 0. The van der Waals surface area contributed by atoms with Crippen LogP contribution in [0.1, 0.15) is 11.4 Å². The highest BCUT2D eigenvalue weighted by Crippen LogP contribution is 2.37. The highest BCUT2D eigenvalue weighted by Gasteiger charge is 2.15. The van der Waals surface area contributed by atoms with Crippen molar-refractivity contribution in [3.8, 4) is 34.1 Å². The van der Waals surface area contributed by atoms with Crippen molar-refractivity contribution in [3.63, 3.8) is 0 Å². The minimum absolute atomic E-state index is 0.0423. The van der Waals surface area contributed by atoms with E-state index in [1.165, 1.54) is 35.0 Å². The number of phenolic OH excluding ortho intramolecular Hbond substituents is 2. The van der Waals surface area contributed by atoms with Gasteiger partial charge in [0.2, 0.25) is 0 Å². The van der Waals surface area contributed by atoms with Crippen molar-refractivity contribution in [3.05, 3.63) is 113 Å². The van der Waals surface area contributed by atoms with Crippen molar-refractivity contribution >= 4 is 10.8 Å². The van der Waals surface area contributed by atoms with Gasteiger partial charge < -0.3 is 14.9 Å². The molecule has 5 aromatic rings. The highest BCUT2D eigenvalue weighted by molar-refractivity contribution is 5.91. The fraction of sp³-hybridized carbons (Fsp3) is 0.0714. The van der Waals surface area contributed by atoms with Crippen LogP contribution >= 0.6 is 0 Å². The van der Waals surface area contributed by atoms with Crippen LogP contribution in [0.4, 0.5) is 4.39 Å². The summed E-state index contributed by atoms with van der Waals surface area (Å²) in [5.41, 5.74) is 1.42. The second kappa shape index (κ2) is 8.95. The van der Waals surface area contributed by atoms with E-state index in [4.69, 9.17) is 4.74 Å². The number of benzene rings is 4. The fourth-order valence-electron chi connectivity index (χ4n) is 3.95. The lowest BCUT2D eigenvalue weighted by atomic mass is 10.1. The molecule has 0 fully saturated rings. The number of hydrogen-bond acceptors (Lipinski definition) is 5. The van der Waals surface area contributed by atoms with E-state index in [1.54, 1.807) is 31.3 Å². The van der Waals surface area contributed by atoms with Crippen molar-refractivity contribution in [2.45, 2.75) is 6.42 Å². The van der Waals surface area contributed by atoms with Gasteiger partial charge in [-0.2, -0.15) is 0 Å². The van der Waals surface area contributed by atoms with Gasteiger partial charge in [-0.05, 0) is 46.8 Å². The molecule has 6 nitrogen and oxygen atoms in total. The predicted octanol–water partition coefficient (Wildman–Crippen LogP) is 5.53. The molecule has 0 aliphatic carbocycles. The summed E-state index contributed by atoms with van der Waals surface area (Å²) in [6, 6.07) is 21.8. The second-order valence-corrected chi connectivity index (χ2v) is 8.18. The molecule has 1 heterocycles. The number of hydrogen-bond donors (Lipinski definition) is 2. The second-order valence-electron chi connectivity index (χ2n) is 8.18. The summed E-state index contributed by atoms with van der Waals surface area (Å²) < 4.78 is 22.3. The van der Waals surface area contributed by atoms with Crippen LogP contribution in [-0.2, 0) is 13.5 Å². The molecule has 5 rings (SSSR count). The summed E-state index contributed by atoms with van der Waals surface area (Å²) in [4.78, 5) is 17.4. The molecule has 0 saturated heterocycles. The average molecular weight is 468 g/mol. The zero-order valence-electron chi connectivity index (χ0n) is 18.8. The van der Waals surface area contributed by atoms with Crippen LogP contribution in [0.5, 0.6) is 23.0 Å². The zero-order valence-corrected chi connectivity index (χ0v) is 18.8. The molecule has 0 bridgehead atoms. The first-order chi connectivity index (χ1) is 16.9. The van der Waals surface area contributed by atoms with Gasteiger partial charge in [-0.3, -0.25) is 9.36 Å². The molecule has 7 heteroatoms. The number of aromatic hydroxyl groups is 2. The normalized spacial score (nSPS) is 11.0. The Hall–Kier alpha value is -4.65. The summed E-state index contributed by atoms with van der Waals surface area (Å²) in [7, 11) is 1.65. The molecule has 0 atom stereocenters. The van der Waals surface area contributed by atoms with Crippen LogP contribution in [0, 0.1) is 5.82 Å². The van der Waals surface area contributed by atoms with Crippen LogP contribution in [0.2, 0.25) is 0 Å². The maximum Gasteiger partial charge on any atom is 0.261 e. The van der Waals surface area contributed by atoms with Crippen molar-refractivity contribution in [2.24, 2.45) is 7.05 Å². The summed E-state index contributed by atoms with van der Waals surface area (Å²) in [5, 5.41) is 20.7. The van der Waals surface area contributed by atoms with E-state index in [0.29, 0.717) is 34.3 Å². The topological polar surface area (TPSA) is 84.6 Å². The Kier molecular flexibility index (Phi) is 5.66. The van der Waals surface area contributed by atoms with Crippen LogP contribution < -0.4 is 10.3 Å². The van der Waals surface area contributed by atoms with Gasteiger partial charge in [0.25, 0.3) is 5.56 Å². The first-order valence-electron chi connectivity index (χ1n) is 10.9. The Morgan fingerprint density at radius 1 is 0.914 bits per heavy atom. The molecule has 0 aliphatic rings. The van der Waals surface area contributed by atoms with Gasteiger partial charge in [0, 0.05) is 25.1 Å². The highest BCUT2D eigenvalue weighted by atomic mass is 19.1. The van der Waals surface area contributed by atoms with E-state index < -0.39 is 5.82 Å². The van der Waals surface area contributed by atoms with Gasteiger partial charge in [0.15, 0.2) is 23.1 Å². The molecular formula is C28H21FN2O4. The van der Waals surface area contributed by atoms with Crippen molar-refractivity contribution < 1.29 is 19.3 Å². The van der Waals surface area contributed by atoms with Crippen molar-refractivity contribution in [2.75, 3.05) is 0 Å². The van der Waals surface area contributed by atoms with E-state index in [9.17, 15) is 15.0 Å². The molecule has 0 saturated carbocycles. The van der Waals surface area contributed by atoms with Gasteiger partial charge >= 0.3 is 0 Å². The first-order valence-corrected chi connectivity index (χ1v) is 10.9. The zero-order chi connectivity index (χ0) is 24.5. The van der Waals surface area contributed by atoms with Gasteiger partial charge in [-0.1, -0.05) is 48.5 Å². The lowest BCUT2D eigenvalue weighted by Gasteiger charge is -2.12. The van der Waals surface area contributed by atoms with Crippen molar-refractivity contribution in [1.82, 2.24) is 9.55 Å². The summed E-state index contributed by atoms with van der Waals surface area (Å²) in [5.74, 6) is -0.335. The van der Waals surface area contributed by atoms with Crippen LogP contribution in [-0.4, -0.2) is 19.8 Å². The Balaban J connectivity index is 1.45. The largest absolute Gasteiger partial charge is 0.504 e. The van der Waals surface area contributed by atoms with E-state index in [0.717, 1.165) is 5.56 Å². The van der Waals surface area contributed by atoms with E-state index in [2.05, 4.69) is 4.98 Å². The number of halogens is 1. The van der Waals surface area contributed by atoms with E-state index in [-0.39, 0.29) is 28.4 Å². The Bertz CT molecular complexity index is 1610. The van der Waals surface area contributed by atoms with Gasteiger partial charge in [-0.15, -0.1) is 0 Å². The quantitative estimate of drug-likeness (QED) is 0.331. The maximum atomic E-state index is 15.0. The van der Waals surface area contributed by atoms with Crippen LogP contribution in [0.25, 0.3) is 21.9 Å². The lowest BCUT2D eigenvalue weighted by molar-refractivity contribution is 0.404. The number of aromatic nitrogens is 2. The SMILES string of the molecule is Cn1c(Cc2ccccc2)ncc(-c2ccc(Oc3cccc4cc(O)c(O)cc34)c(F)c2)c1=O. The molecule has 1 aromatic heterocycles. The average Bonchev–Trinajstić information content (AvgIpc) is 2.85. The fourth-order valence-corrected chi connectivity index (χ4v) is 3.95. The smallest absolute Gasteiger partial charge is 0.261 e. The molecule has 4 aromatic carbocycles.